The molecule has 0 aliphatic rings. The molecular weight excluding hydrogens is 571 g/mol. The van der Waals surface area contributed by atoms with Gasteiger partial charge in [-0.1, -0.05) is 65.7 Å². The van der Waals surface area contributed by atoms with Crippen LogP contribution in [0.2, 0.25) is 0 Å². The van der Waals surface area contributed by atoms with E-state index in [0.29, 0.717) is 43.8 Å². The highest BCUT2D eigenvalue weighted by Crippen LogP contribution is 2.35. The van der Waals surface area contributed by atoms with E-state index >= 15 is 0 Å². The molecule has 1 N–H and O–H groups in total. The molecule has 0 amide bonds. The maximum Gasteiger partial charge on any atom is 0.119 e. The van der Waals surface area contributed by atoms with Crippen molar-refractivity contribution in [2.45, 2.75) is 26.2 Å². The lowest BCUT2D eigenvalue weighted by atomic mass is 9.65. The fraction of sp³-hybridized carbons (Fsp3) is 0.118. The van der Waals surface area contributed by atoms with E-state index in [1.54, 1.807) is 4.57 Å². The second kappa shape index (κ2) is 10.9. The minimum absolute atomic E-state index is 0.0474. The quantitative estimate of drug-likeness (QED) is 0.204. The number of hydrogen-bond acceptors (Lipinski definition) is 1. The molecule has 0 saturated carbocycles. The highest BCUT2D eigenvalue weighted by Gasteiger charge is 2.25. The molecule has 2 heterocycles. The van der Waals surface area contributed by atoms with Crippen molar-refractivity contribution >= 4 is 190 Å². The third-order valence-corrected chi connectivity index (χ3v) is 9.46. The smallest absolute Gasteiger partial charge is 0.119 e. The number of aromatic nitrogens is 2. The third-order valence-electron chi connectivity index (χ3n) is 9.46. The fourth-order valence-corrected chi connectivity index (χ4v) is 6.81. The molecule has 0 bridgehead atoms. The van der Waals surface area contributed by atoms with Gasteiger partial charge in [0.1, 0.15) is 92.1 Å². The second-order valence-corrected chi connectivity index (χ2v) is 13.2. The lowest BCUT2D eigenvalue weighted by Crippen LogP contribution is -2.48. The zero-order chi connectivity index (χ0) is 34.9. The summed E-state index contributed by atoms with van der Waals surface area (Å²) in [4.78, 5) is 0. The van der Waals surface area contributed by atoms with Gasteiger partial charge in [-0.05, 0) is 57.5 Å². The van der Waals surface area contributed by atoms with Crippen LogP contribution >= 0.6 is 0 Å². The summed E-state index contributed by atoms with van der Waals surface area (Å²) in [6, 6.07) is 13.9. The number of nitrogens with zero attached hydrogens (tertiary/aromatic N) is 2. The van der Waals surface area contributed by atoms with Gasteiger partial charge in [-0.15, -0.1) is 21.9 Å². The molecule has 0 saturated heterocycles. The van der Waals surface area contributed by atoms with Gasteiger partial charge < -0.3 is 14.2 Å². The van der Waals surface area contributed by atoms with Crippen LogP contribution < -0.4 is 60.1 Å². The number of hydrogen-bond donors (Lipinski definition) is 1. The van der Waals surface area contributed by atoms with Crippen LogP contribution in [0.5, 0.6) is 5.75 Å². The molecule has 3 nitrogen and oxygen atoms in total. The summed E-state index contributed by atoms with van der Waals surface area (Å²) in [5.41, 5.74) is 5.68. The van der Waals surface area contributed by atoms with Crippen molar-refractivity contribution in [3.05, 3.63) is 48.0 Å². The van der Waals surface area contributed by atoms with Gasteiger partial charge in [0.2, 0.25) is 0 Å². The molecular formula is C34H17B11N2O. The van der Waals surface area contributed by atoms with Crippen molar-refractivity contribution in [3.63, 3.8) is 0 Å². The molecule has 0 aliphatic carbocycles. The first kappa shape index (κ1) is 32.7. The first-order chi connectivity index (χ1) is 22.5. The van der Waals surface area contributed by atoms with E-state index in [0.717, 1.165) is 16.8 Å². The van der Waals surface area contributed by atoms with E-state index in [1.807, 2.05) is 34.9 Å². The minimum atomic E-state index is -0.389. The number of rotatable bonds is 2. The second-order valence-electron chi connectivity index (χ2n) is 13.2. The van der Waals surface area contributed by atoms with Gasteiger partial charge in [-0.3, -0.25) is 0 Å². The van der Waals surface area contributed by atoms with Gasteiger partial charge in [0.05, 0.1) is 5.52 Å². The number of fused-ring (bicyclic) bond motifs is 6. The summed E-state index contributed by atoms with van der Waals surface area (Å²) in [6.45, 7) is 6.43. The standard InChI is InChI=1S/C34H17B11N2O/c1-34(2,3)11-5-4-6-12(9-11)46-15-8-7-13(10-14(15)16-19(35)22(38)24(40)26(42)30(16)46)47-31-17(20(36)23(39)25(41)27(31)43)18-21(37)33(48)29(45)28(44)32(18)47/h4-10,48H,1-3H3. The maximum absolute atomic E-state index is 10.8. The maximum atomic E-state index is 10.8. The van der Waals surface area contributed by atoms with Gasteiger partial charge in [-0.25, -0.2) is 0 Å². The molecule has 202 valence electrons. The molecule has 5 aromatic carbocycles. The normalized spacial score (nSPS) is 12.2. The van der Waals surface area contributed by atoms with Crippen LogP contribution in [0.25, 0.3) is 55.0 Å². The topological polar surface area (TPSA) is 30.1 Å². The van der Waals surface area contributed by atoms with E-state index in [9.17, 15) is 5.11 Å². The van der Waals surface area contributed by atoms with Crippen molar-refractivity contribution in [1.82, 2.24) is 9.13 Å². The Labute approximate surface area is 294 Å². The molecule has 0 aliphatic heterocycles. The highest BCUT2D eigenvalue weighted by atomic mass is 16.3. The van der Waals surface area contributed by atoms with Crippen LogP contribution in [0.4, 0.5) is 0 Å². The van der Waals surface area contributed by atoms with Gasteiger partial charge in [0, 0.05) is 38.7 Å². The minimum Gasteiger partial charge on any atom is -0.509 e. The zero-order valence-electron chi connectivity index (χ0n) is 26.7. The Morgan fingerprint density at radius 3 is 1.54 bits per heavy atom. The average Bonchev–Trinajstić information content (AvgIpc) is 3.60. The van der Waals surface area contributed by atoms with Gasteiger partial charge in [-0.2, -0.15) is 0 Å². The van der Waals surface area contributed by atoms with Crippen LogP contribution in [0.1, 0.15) is 26.3 Å². The van der Waals surface area contributed by atoms with Gasteiger partial charge in [0.15, 0.2) is 0 Å². The van der Waals surface area contributed by atoms with Gasteiger partial charge >= 0.3 is 0 Å². The van der Waals surface area contributed by atoms with Crippen LogP contribution in [-0.2, 0) is 5.41 Å². The summed E-state index contributed by atoms with van der Waals surface area (Å²) in [7, 11) is 71.4. The van der Waals surface area contributed by atoms with Crippen LogP contribution in [0, 0.1) is 0 Å². The van der Waals surface area contributed by atoms with Crippen molar-refractivity contribution in [2.75, 3.05) is 0 Å². The van der Waals surface area contributed by atoms with E-state index in [-0.39, 0.29) is 71.3 Å². The van der Waals surface area contributed by atoms with Crippen LogP contribution in [-0.4, -0.2) is 101 Å². The predicted molar refractivity (Wildman–Crippen MR) is 215 cm³/mol. The SMILES string of the molecule is [B]c1c([B])c([B])c2c(c1[B])c1cc(-n3c4c([B])c([B])c([B])c([B])c4c4c([B])c(O)c([B])c([B])c43)ccc1n2-c1cccc(C(C)(C)C)c1. The summed E-state index contributed by atoms with van der Waals surface area (Å²) in [6.07, 6.45) is 0. The lowest BCUT2D eigenvalue weighted by Gasteiger charge is -2.21. The molecule has 2 aromatic heterocycles. The number of phenolic OH excluding ortho intramolecular Hbond substituents is 1. The van der Waals surface area contributed by atoms with Crippen molar-refractivity contribution in [2.24, 2.45) is 0 Å². The summed E-state index contributed by atoms with van der Waals surface area (Å²) >= 11 is 0. The Kier molecular flexibility index (Phi) is 7.41. The molecule has 14 heteroatoms. The van der Waals surface area contributed by atoms with E-state index in [4.69, 9.17) is 86.3 Å². The summed E-state index contributed by atoms with van der Waals surface area (Å²) in [5.74, 6) is -0.389. The molecule has 7 aromatic rings. The van der Waals surface area contributed by atoms with Crippen molar-refractivity contribution in [1.29, 1.82) is 0 Å². The van der Waals surface area contributed by atoms with Crippen LogP contribution in [0.3, 0.4) is 0 Å². The molecule has 0 unspecified atom stereocenters. The molecule has 0 fully saturated rings. The molecule has 22 radical (unpaired) electrons. The molecule has 0 atom stereocenters. The monoisotopic (exact) mass is 590 g/mol. The Hall–Kier alpha value is -3.79. The van der Waals surface area contributed by atoms with Crippen LogP contribution in [0.15, 0.2) is 42.5 Å². The Morgan fingerprint density at radius 1 is 0.479 bits per heavy atom. The highest BCUT2D eigenvalue weighted by molar-refractivity contribution is 6.70. The Bertz CT molecular complexity index is 2500. The first-order valence-electron chi connectivity index (χ1n) is 15.1. The number of phenols is 1. The van der Waals surface area contributed by atoms with Crippen molar-refractivity contribution in [3.8, 4) is 17.1 Å². The summed E-state index contributed by atoms with van der Waals surface area (Å²) in [5, 5.41) is 12.8. The van der Waals surface area contributed by atoms with E-state index < -0.39 is 0 Å². The molecule has 7 rings (SSSR count). The van der Waals surface area contributed by atoms with E-state index in [2.05, 4.69) is 32.9 Å². The van der Waals surface area contributed by atoms with Gasteiger partial charge in [0.25, 0.3) is 0 Å². The Balaban J connectivity index is 1.70. The number of benzene rings is 5. The van der Waals surface area contributed by atoms with E-state index in [1.165, 1.54) is 0 Å². The zero-order valence-corrected chi connectivity index (χ0v) is 26.7. The molecule has 48 heavy (non-hydrogen) atoms. The fourth-order valence-electron chi connectivity index (χ4n) is 6.81. The number of aromatic hydroxyl groups is 1. The summed E-state index contributed by atoms with van der Waals surface area (Å²) < 4.78 is 3.77. The van der Waals surface area contributed by atoms with Crippen molar-refractivity contribution < 1.29 is 5.11 Å². The average molecular weight is 588 g/mol. The first-order valence-corrected chi connectivity index (χ1v) is 15.1. The Morgan fingerprint density at radius 2 is 0.958 bits per heavy atom. The lowest BCUT2D eigenvalue weighted by molar-refractivity contribution is 0.485. The third kappa shape index (κ3) is 4.29. The predicted octanol–water partition coefficient (Wildman–Crippen LogP) is -4.38. The largest absolute Gasteiger partial charge is 0.509 e. The molecule has 0 spiro atoms.